The molecule has 0 bridgehead atoms. The Morgan fingerprint density at radius 3 is 2.64 bits per heavy atom. The Bertz CT molecular complexity index is 755. The molecule has 5 nitrogen and oxygen atoms in total. The minimum absolute atomic E-state index is 0.0198. The third-order valence-corrected chi connectivity index (χ3v) is 3.32. The summed E-state index contributed by atoms with van der Waals surface area (Å²) in [5.74, 6) is -0.878. The second kappa shape index (κ2) is 6.43. The number of carbonyl (C=O) groups is 1. The number of hydrogen-bond acceptors (Lipinski definition) is 3. The van der Waals surface area contributed by atoms with Crippen molar-refractivity contribution >= 4 is 5.91 Å². The minimum Gasteiger partial charge on any atom is -0.494 e. The van der Waals surface area contributed by atoms with Crippen molar-refractivity contribution in [3.8, 4) is 5.75 Å². The Balaban J connectivity index is 2.17. The number of methoxy groups -OCH3 is 1. The van der Waals surface area contributed by atoms with Gasteiger partial charge in [0.05, 0.1) is 13.2 Å². The van der Waals surface area contributed by atoms with Crippen LogP contribution < -0.4 is 15.6 Å². The number of pyridine rings is 1. The Hall–Kier alpha value is -2.63. The van der Waals surface area contributed by atoms with Gasteiger partial charge in [-0.1, -0.05) is 6.07 Å². The fraction of sp³-hybridized carbons (Fsp3) is 0.250. The molecular weight excluding hydrogens is 287 g/mol. The van der Waals surface area contributed by atoms with Crippen LogP contribution >= 0.6 is 0 Å². The number of aryl methyl sites for hydroxylation is 1. The quantitative estimate of drug-likeness (QED) is 0.910. The molecule has 1 aromatic carbocycles. The van der Waals surface area contributed by atoms with E-state index in [1.807, 2.05) is 0 Å². The second-order valence-electron chi connectivity index (χ2n) is 4.97. The van der Waals surface area contributed by atoms with Gasteiger partial charge in [-0.05, 0) is 43.7 Å². The summed E-state index contributed by atoms with van der Waals surface area (Å²) in [6.45, 7) is 3.44. The molecule has 2 aromatic rings. The van der Waals surface area contributed by atoms with Gasteiger partial charge in [-0.25, -0.2) is 4.39 Å². The normalized spacial score (nSPS) is 11.8. The lowest BCUT2D eigenvalue weighted by atomic mass is 10.1. The van der Waals surface area contributed by atoms with Crippen LogP contribution in [0.2, 0.25) is 0 Å². The molecule has 0 aliphatic rings. The minimum atomic E-state index is -0.509. The van der Waals surface area contributed by atoms with Crippen LogP contribution in [0.4, 0.5) is 4.39 Å². The summed E-state index contributed by atoms with van der Waals surface area (Å²) < 4.78 is 18.5. The molecule has 0 aliphatic heterocycles. The van der Waals surface area contributed by atoms with Gasteiger partial charge in [0, 0.05) is 5.69 Å². The molecule has 0 fully saturated rings. The van der Waals surface area contributed by atoms with Crippen LogP contribution in [0, 0.1) is 12.7 Å². The van der Waals surface area contributed by atoms with Gasteiger partial charge in [-0.3, -0.25) is 9.59 Å². The van der Waals surface area contributed by atoms with E-state index in [4.69, 9.17) is 4.74 Å². The second-order valence-corrected chi connectivity index (χ2v) is 4.97. The van der Waals surface area contributed by atoms with Crippen molar-refractivity contribution in [2.24, 2.45) is 0 Å². The van der Waals surface area contributed by atoms with E-state index >= 15 is 0 Å². The lowest BCUT2D eigenvalue weighted by molar-refractivity contribution is 0.0938. The molecule has 0 spiro atoms. The van der Waals surface area contributed by atoms with Crippen LogP contribution in [0.5, 0.6) is 5.75 Å². The van der Waals surface area contributed by atoms with E-state index in [9.17, 15) is 14.0 Å². The van der Waals surface area contributed by atoms with Gasteiger partial charge in [0.2, 0.25) is 0 Å². The first-order valence-corrected chi connectivity index (χ1v) is 6.76. The summed E-state index contributed by atoms with van der Waals surface area (Å²) >= 11 is 0. The highest BCUT2D eigenvalue weighted by Crippen LogP contribution is 2.21. The lowest BCUT2D eigenvalue weighted by Gasteiger charge is -2.15. The molecule has 0 unspecified atom stereocenters. The number of halogens is 1. The van der Waals surface area contributed by atoms with Gasteiger partial charge < -0.3 is 15.0 Å². The van der Waals surface area contributed by atoms with Crippen molar-refractivity contribution in [3.05, 3.63) is 63.3 Å². The Morgan fingerprint density at radius 2 is 2.05 bits per heavy atom. The molecule has 6 heteroatoms. The summed E-state index contributed by atoms with van der Waals surface area (Å²) in [4.78, 5) is 26.4. The Morgan fingerprint density at radius 1 is 1.32 bits per heavy atom. The maximum absolute atomic E-state index is 13.7. The van der Waals surface area contributed by atoms with Crippen molar-refractivity contribution in [2.75, 3.05) is 7.11 Å². The van der Waals surface area contributed by atoms with E-state index < -0.39 is 23.3 Å². The molecule has 1 atom stereocenters. The zero-order valence-electron chi connectivity index (χ0n) is 12.6. The number of aromatic nitrogens is 1. The molecule has 0 saturated heterocycles. The molecule has 2 rings (SSSR count). The monoisotopic (exact) mass is 304 g/mol. The molecule has 2 N–H and O–H groups in total. The molecule has 0 radical (unpaired) electrons. The van der Waals surface area contributed by atoms with Crippen LogP contribution in [0.1, 0.15) is 34.6 Å². The predicted molar refractivity (Wildman–Crippen MR) is 80.6 cm³/mol. The van der Waals surface area contributed by atoms with Gasteiger partial charge in [0.1, 0.15) is 5.56 Å². The van der Waals surface area contributed by atoms with E-state index in [2.05, 4.69) is 10.3 Å². The number of amides is 1. The predicted octanol–water partition coefficient (Wildman–Crippen LogP) is 2.32. The average Bonchev–Trinajstić information content (AvgIpc) is 2.46. The van der Waals surface area contributed by atoms with Crippen LogP contribution in [0.25, 0.3) is 0 Å². The summed E-state index contributed by atoms with van der Waals surface area (Å²) in [7, 11) is 1.38. The Kier molecular flexibility index (Phi) is 4.60. The molecule has 116 valence electrons. The number of nitrogens with one attached hydrogen (secondary N) is 2. The Labute approximate surface area is 127 Å². The molecule has 0 aliphatic carbocycles. The number of ether oxygens (including phenoxy) is 1. The van der Waals surface area contributed by atoms with Gasteiger partial charge in [-0.2, -0.15) is 0 Å². The summed E-state index contributed by atoms with van der Waals surface area (Å²) in [5.41, 5.74) is 0.819. The van der Waals surface area contributed by atoms with E-state index in [0.29, 0.717) is 11.3 Å². The number of hydrogen-bond donors (Lipinski definition) is 2. The molecule has 1 heterocycles. The zero-order chi connectivity index (χ0) is 16.3. The highest BCUT2D eigenvalue weighted by atomic mass is 19.1. The van der Waals surface area contributed by atoms with Gasteiger partial charge in [0.25, 0.3) is 11.5 Å². The number of rotatable bonds is 4. The van der Waals surface area contributed by atoms with E-state index in [1.165, 1.54) is 25.3 Å². The van der Waals surface area contributed by atoms with E-state index in [-0.39, 0.29) is 11.3 Å². The van der Waals surface area contributed by atoms with Crippen LogP contribution in [-0.4, -0.2) is 18.0 Å². The first kappa shape index (κ1) is 15.8. The standard InChI is InChI=1S/C16H17FN2O3/c1-9-4-6-12(15(20)18-9)16(21)19-10(2)11-5-7-14(22-3)13(17)8-11/h4-8,10H,1-3H3,(H,18,20)(H,19,21)/t10-/m0/s1. The van der Waals surface area contributed by atoms with Gasteiger partial charge in [0.15, 0.2) is 11.6 Å². The summed E-state index contributed by atoms with van der Waals surface area (Å²) in [6, 6.07) is 7.11. The number of benzene rings is 1. The third-order valence-electron chi connectivity index (χ3n) is 3.32. The molecular formula is C16H17FN2O3. The van der Waals surface area contributed by atoms with Crippen molar-refractivity contribution < 1.29 is 13.9 Å². The van der Waals surface area contributed by atoms with E-state index in [1.54, 1.807) is 26.0 Å². The fourth-order valence-electron chi connectivity index (χ4n) is 2.06. The van der Waals surface area contributed by atoms with Crippen molar-refractivity contribution in [1.82, 2.24) is 10.3 Å². The smallest absolute Gasteiger partial charge is 0.260 e. The van der Waals surface area contributed by atoms with Crippen LogP contribution in [0.15, 0.2) is 35.1 Å². The first-order valence-electron chi connectivity index (χ1n) is 6.76. The van der Waals surface area contributed by atoms with Crippen molar-refractivity contribution in [3.63, 3.8) is 0 Å². The van der Waals surface area contributed by atoms with Crippen LogP contribution in [0.3, 0.4) is 0 Å². The third kappa shape index (κ3) is 3.33. The molecule has 22 heavy (non-hydrogen) atoms. The summed E-state index contributed by atoms with van der Waals surface area (Å²) in [5, 5.41) is 2.67. The van der Waals surface area contributed by atoms with Gasteiger partial charge >= 0.3 is 0 Å². The molecule has 1 amide bonds. The molecule has 1 aromatic heterocycles. The largest absolute Gasteiger partial charge is 0.494 e. The van der Waals surface area contributed by atoms with Crippen molar-refractivity contribution in [2.45, 2.75) is 19.9 Å². The zero-order valence-corrected chi connectivity index (χ0v) is 12.6. The number of H-pyrrole nitrogens is 1. The average molecular weight is 304 g/mol. The lowest BCUT2D eigenvalue weighted by Crippen LogP contribution is -2.31. The van der Waals surface area contributed by atoms with Crippen LogP contribution in [-0.2, 0) is 0 Å². The molecule has 0 saturated carbocycles. The number of carbonyl (C=O) groups excluding carboxylic acids is 1. The van der Waals surface area contributed by atoms with E-state index in [0.717, 1.165) is 0 Å². The SMILES string of the molecule is COc1ccc([C@H](C)NC(=O)c2ccc(C)[nH]c2=O)cc1F. The number of aromatic amines is 1. The van der Waals surface area contributed by atoms with Gasteiger partial charge in [-0.15, -0.1) is 0 Å². The highest BCUT2D eigenvalue weighted by Gasteiger charge is 2.15. The first-order chi connectivity index (χ1) is 10.4. The maximum atomic E-state index is 13.7. The fourth-order valence-corrected chi connectivity index (χ4v) is 2.06. The topological polar surface area (TPSA) is 71.2 Å². The summed E-state index contributed by atoms with van der Waals surface area (Å²) in [6.07, 6.45) is 0. The highest BCUT2D eigenvalue weighted by molar-refractivity contribution is 5.94. The van der Waals surface area contributed by atoms with Crippen molar-refractivity contribution in [1.29, 1.82) is 0 Å². The maximum Gasteiger partial charge on any atom is 0.260 e.